The number of fused-ring (bicyclic) bond motifs is 1. The van der Waals surface area contributed by atoms with Crippen molar-refractivity contribution in [2.24, 2.45) is 5.92 Å². The number of carbonyl (C=O) groups is 3. The first-order valence-corrected chi connectivity index (χ1v) is 9.91. The molecular weight excluding hydrogens is 380 g/mol. The summed E-state index contributed by atoms with van der Waals surface area (Å²) in [6.07, 6.45) is 1.74. The summed E-state index contributed by atoms with van der Waals surface area (Å²) in [5, 5.41) is 7.25. The van der Waals surface area contributed by atoms with Crippen LogP contribution in [0.1, 0.15) is 28.8 Å². The van der Waals surface area contributed by atoms with Gasteiger partial charge in [0.2, 0.25) is 5.91 Å². The van der Waals surface area contributed by atoms with Crippen LogP contribution in [0.4, 0.5) is 5.69 Å². The molecule has 0 heterocycles. The van der Waals surface area contributed by atoms with Crippen LogP contribution in [0.15, 0.2) is 66.7 Å². The Kier molecular flexibility index (Phi) is 5.75. The highest BCUT2D eigenvalue weighted by Crippen LogP contribution is 2.31. The first-order chi connectivity index (χ1) is 14.6. The second-order valence-corrected chi connectivity index (χ2v) is 7.34. The van der Waals surface area contributed by atoms with Crippen LogP contribution in [0.5, 0.6) is 0 Å². The average molecular weight is 402 g/mol. The molecule has 2 N–H and O–H groups in total. The molecule has 0 atom stereocenters. The molecular formula is C24H22N2O4. The highest BCUT2D eigenvalue weighted by molar-refractivity contribution is 6.08. The van der Waals surface area contributed by atoms with Crippen molar-refractivity contribution in [1.29, 1.82) is 0 Å². The smallest absolute Gasteiger partial charge is 0.325 e. The number of ether oxygens (including phenoxy) is 1. The molecule has 2 amide bonds. The highest BCUT2D eigenvalue weighted by Gasteiger charge is 2.30. The number of hydrogen-bond acceptors (Lipinski definition) is 4. The van der Waals surface area contributed by atoms with E-state index in [1.807, 2.05) is 54.6 Å². The van der Waals surface area contributed by atoms with Gasteiger partial charge in [0.15, 0.2) is 0 Å². The fourth-order valence-electron chi connectivity index (χ4n) is 3.15. The van der Waals surface area contributed by atoms with Gasteiger partial charge in [-0.15, -0.1) is 0 Å². The van der Waals surface area contributed by atoms with Gasteiger partial charge in [0, 0.05) is 5.92 Å². The first-order valence-electron chi connectivity index (χ1n) is 9.91. The molecule has 3 aromatic rings. The van der Waals surface area contributed by atoms with Crippen molar-refractivity contribution < 1.29 is 19.1 Å². The third-order valence-corrected chi connectivity index (χ3v) is 4.97. The number of carbonyl (C=O) groups excluding carboxylic acids is 3. The summed E-state index contributed by atoms with van der Waals surface area (Å²) >= 11 is 0. The molecule has 0 spiro atoms. The Hall–Kier alpha value is -3.67. The lowest BCUT2D eigenvalue weighted by atomic mass is 10.0. The standard InChI is InChI=1S/C24H22N2O4/c27-22(30-15-16-6-2-1-3-7-16)14-25-24(29)20-12-18-8-4-5-9-19(18)13-21(20)26-23(28)17-10-11-17/h1-9,12-13,17H,10-11,14-15H2,(H,25,29)(H,26,28). The number of amides is 2. The van der Waals surface area contributed by atoms with Crippen molar-refractivity contribution in [3.63, 3.8) is 0 Å². The molecule has 3 aromatic carbocycles. The zero-order chi connectivity index (χ0) is 20.9. The minimum atomic E-state index is -0.531. The van der Waals surface area contributed by atoms with Gasteiger partial charge in [-0.1, -0.05) is 54.6 Å². The van der Waals surface area contributed by atoms with Gasteiger partial charge in [-0.3, -0.25) is 14.4 Å². The van der Waals surface area contributed by atoms with Crippen molar-refractivity contribution in [1.82, 2.24) is 5.32 Å². The molecule has 0 unspecified atom stereocenters. The van der Waals surface area contributed by atoms with Crippen LogP contribution in [0.2, 0.25) is 0 Å². The Balaban J connectivity index is 1.44. The van der Waals surface area contributed by atoms with Gasteiger partial charge in [0.1, 0.15) is 13.2 Å². The molecule has 1 aliphatic carbocycles. The van der Waals surface area contributed by atoms with Crippen LogP contribution in [0.25, 0.3) is 10.8 Å². The molecule has 1 saturated carbocycles. The minimum Gasteiger partial charge on any atom is -0.460 e. The fourth-order valence-corrected chi connectivity index (χ4v) is 3.15. The van der Waals surface area contributed by atoms with E-state index in [1.54, 1.807) is 12.1 Å². The van der Waals surface area contributed by atoms with Crippen molar-refractivity contribution >= 4 is 34.2 Å². The zero-order valence-electron chi connectivity index (χ0n) is 16.4. The lowest BCUT2D eigenvalue weighted by Crippen LogP contribution is -2.31. The molecule has 1 fully saturated rings. The van der Waals surface area contributed by atoms with E-state index in [4.69, 9.17) is 4.74 Å². The number of rotatable bonds is 7. The minimum absolute atomic E-state index is 0.0142. The summed E-state index contributed by atoms with van der Waals surface area (Å²) in [7, 11) is 0. The average Bonchev–Trinajstić information content (AvgIpc) is 3.62. The van der Waals surface area contributed by atoms with Crippen molar-refractivity contribution in [3.05, 3.63) is 77.9 Å². The Morgan fingerprint density at radius 2 is 1.57 bits per heavy atom. The Morgan fingerprint density at radius 1 is 0.900 bits per heavy atom. The second kappa shape index (κ2) is 8.78. The fraction of sp³-hybridized carbons (Fsp3) is 0.208. The summed E-state index contributed by atoms with van der Waals surface area (Å²) in [6, 6.07) is 20.4. The van der Waals surface area contributed by atoms with E-state index < -0.39 is 11.9 Å². The number of nitrogens with one attached hydrogen (secondary N) is 2. The maximum absolute atomic E-state index is 12.8. The molecule has 0 bridgehead atoms. The van der Waals surface area contributed by atoms with Gasteiger partial charge in [-0.2, -0.15) is 0 Å². The van der Waals surface area contributed by atoms with E-state index >= 15 is 0 Å². The normalized spacial score (nSPS) is 12.9. The SMILES string of the molecule is O=C(CNC(=O)c1cc2ccccc2cc1NC(=O)C1CC1)OCc1ccccc1. The molecule has 4 rings (SSSR count). The third-order valence-electron chi connectivity index (χ3n) is 4.97. The first kappa shape index (κ1) is 19.6. The van der Waals surface area contributed by atoms with Crippen LogP contribution >= 0.6 is 0 Å². The van der Waals surface area contributed by atoms with Gasteiger partial charge < -0.3 is 15.4 Å². The Morgan fingerprint density at radius 3 is 2.27 bits per heavy atom. The van der Waals surface area contributed by atoms with Gasteiger partial charge >= 0.3 is 5.97 Å². The van der Waals surface area contributed by atoms with Crippen LogP contribution in [0, 0.1) is 5.92 Å². The number of esters is 1. The Bertz CT molecular complexity index is 1090. The molecule has 0 aliphatic heterocycles. The summed E-state index contributed by atoms with van der Waals surface area (Å²) in [6.45, 7) is -0.108. The van der Waals surface area contributed by atoms with Gasteiger partial charge in [0.25, 0.3) is 5.91 Å². The van der Waals surface area contributed by atoms with Crippen molar-refractivity contribution in [2.45, 2.75) is 19.4 Å². The summed E-state index contributed by atoms with van der Waals surface area (Å²) in [4.78, 5) is 37.1. The van der Waals surface area contributed by atoms with Gasteiger partial charge in [-0.05, 0) is 41.3 Å². The second-order valence-electron chi connectivity index (χ2n) is 7.34. The molecule has 0 radical (unpaired) electrons. The van der Waals surface area contributed by atoms with E-state index in [9.17, 15) is 14.4 Å². The molecule has 30 heavy (non-hydrogen) atoms. The summed E-state index contributed by atoms with van der Waals surface area (Å²) < 4.78 is 5.20. The predicted molar refractivity (Wildman–Crippen MR) is 114 cm³/mol. The van der Waals surface area contributed by atoms with Crippen LogP contribution in [-0.2, 0) is 20.9 Å². The molecule has 0 aromatic heterocycles. The van der Waals surface area contributed by atoms with Crippen molar-refractivity contribution in [3.8, 4) is 0 Å². The Labute approximate surface area is 174 Å². The number of anilines is 1. The van der Waals surface area contributed by atoms with E-state index in [1.165, 1.54) is 0 Å². The van der Waals surface area contributed by atoms with Crippen molar-refractivity contribution in [2.75, 3.05) is 11.9 Å². The molecule has 6 heteroatoms. The molecule has 6 nitrogen and oxygen atoms in total. The molecule has 152 valence electrons. The lowest BCUT2D eigenvalue weighted by Gasteiger charge is -2.13. The zero-order valence-corrected chi connectivity index (χ0v) is 16.4. The molecule has 0 saturated heterocycles. The van der Waals surface area contributed by atoms with E-state index in [0.29, 0.717) is 11.3 Å². The monoisotopic (exact) mass is 402 g/mol. The lowest BCUT2D eigenvalue weighted by molar-refractivity contribution is -0.143. The maximum Gasteiger partial charge on any atom is 0.325 e. The number of benzene rings is 3. The van der Waals surface area contributed by atoms with Gasteiger partial charge in [0.05, 0.1) is 11.3 Å². The summed E-state index contributed by atoms with van der Waals surface area (Å²) in [5.74, 6) is -1.04. The van der Waals surface area contributed by atoms with E-state index in [2.05, 4.69) is 10.6 Å². The quantitative estimate of drug-likeness (QED) is 0.591. The molecule has 1 aliphatic rings. The van der Waals surface area contributed by atoms with Crippen LogP contribution < -0.4 is 10.6 Å². The third kappa shape index (κ3) is 4.84. The number of hydrogen-bond donors (Lipinski definition) is 2. The highest BCUT2D eigenvalue weighted by atomic mass is 16.5. The largest absolute Gasteiger partial charge is 0.460 e. The predicted octanol–water partition coefficient (Wildman–Crippen LogP) is 3.66. The summed E-state index contributed by atoms with van der Waals surface area (Å²) in [5.41, 5.74) is 1.64. The van der Waals surface area contributed by atoms with Crippen LogP contribution in [0.3, 0.4) is 0 Å². The topological polar surface area (TPSA) is 84.5 Å². The maximum atomic E-state index is 12.8. The van der Waals surface area contributed by atoms with Crippen LogP contribution in [-0.4, -0.2) is 24.3 Å². The van der Waals surface area contributed by atoms with E-state index in [0.717, 1.165) is 29.2 Å². The van der Waals surface area contributed by atoms with E-state index in [-0.39, 0.29) is 25.0 Å². The van der Waals surface area contributed by atoms with Gasteiger partial charge in [-0.25, -0.2) is 0 Å².